The Morgan fingerprint density at radius 2 is 1.67 bits per heavy atom. The summed E-state index contributed by atoms with van der Waals surface area (Å²) in [6.07, 6.45) is 0. The number of nitrogens with zero attached hydrogens (tertiary/aromatic N) is 3. The highest BCUT2D eigenvalue weighted by Crippen LogP contribution is 2.42. The van der Waals surface area contributed by atoms with Gasteiger partial charge in [-0.15, -0.1) is 0 Å². The van der Waals surface area contributed by atoms with Crippen LogP contribution in [0.4, 0.5) is 10.1 Å². The number of hydrogen-bond acceptors (Lipinski definition) is 7. The molecule has 0 radical (unpaired) electrons. The summed E-state index contributed by atoms with van der Waals surface area (Å²) in [7, 11) is 1.51. The molecule has 180 valence electrons. The summed E-state index contributed by atoms with van der Waals surface area (Å²) in [6.45, 7) is 1.70. The summed E-state index contributed by atoms with van der Waals surface area (Å²) < 4.78 is 24.0. The lowest BCUT2D eigenvalue weighted by Crippen LogP contribution is -2.29. The van der Waals surface area contributed by atoms with Crippen molar-refractivity contribution in [3.05, 3.63) is 101 Å². The van der Waals surface area contributed by atoms with Gasteiger partial charge in [0.2, 0.25) is 0 Å². The molecule has 3 aromatic carbocycles. The number of aliphatic hydroxyl groups excluding tert-OH is 1. The zero-order valence-corrected chi connectivity index (χ0v) is 19.3. The predicted octanol–water partition coefficient (Wildman–Crippen LogP) is 4.82. The summed E-state index contributed by atoms with van der Waals surface area (Å²) in [6, 6.07) is 17.6. The van der Waals surface area contributed by atoms with E-state index in [0.29, 0.717) is 39.8 Å². The molecule has 1 aliphatic rings. The van der Waals surface area contributed by atoms with Crippen LogP contribution in [0.1, 0.15) is 23.0 Å². The number of Topliss-reactive ketones (excluding diaryl/α,β-unsaturated/α-hetero) is 1. The van der Waals surface area contributed by atoms with E-state index >= 15 is 0 Å². The third-order valence-electron chi connectivity index (χ3n) is 5.91. The maximum absolute atomic E-state index is 13.7. The third kappa shape index (κ3) is 4.00. The van der Waals surface area contributed by atoms with E-state index in [1.54, 1.807) is 55.5 Å². The number of rotatable bonds is 5. The van der Waals surface area contributed by atoms with Crippen molar-refractivity contribution in [2.75, 3.05) is 12.0 Å². The first-order valence-electron chi connectivity index (χ1n) is 11.0. The number of aromatic nitrogens is 2. The van der Waals surface area contributed by atoms with Gasteiger partial charge >= 0.3 is 0 Å². The van der Waals surface area contributed by atoms with Crippen molar-refractivity contribution in [2.24, 2.45) is 0 Å². The van der Waals surface area contributed by atoms with Crippen molar-refractivity contribution >= 4 is 23.1 Å². The van der Waals surface area contributed by atoms with E-state index in [0.717, 1.165) is 0 Å². The minimum atomic E-state index is -0.982. The molecule has 0 aliphatic carbocycles. The first kappa shape index (κ1) is 23.0. The lowest BCUT2D eigenvalue weighted by atomic mass is 9.95. The number of aryl methyl sites for hydroxylation is 1. The minimum Gasteiger partial charge on any atom is -0.507 e. The van der Waals surface area contributed by atoms with Crippen LogP contribution < -0.4 is 9.64 Å². The number of amides is 1. The topological polar surface area (TPSA) is 106 Å². The van der Waals surface area contributed by atoms with Crippen LogP contribution in [0.3, 0.4) is 0 Å². The van der Waals surface area contributed by atoms with Crippen molar-refractivity contribution in [3.63, 3.8) is 0 Å². The number of halogens is 1. The molecule has 1 aromatic heterocycles. The molecule has 36 heavy (non-hydrogen) atoms. The largest absolute Gasteiger partial charge is 0.507 e. The Balaban J connectivity index is 1.63. The highest BCUT2D eigenvalue weighted by atomic mass is 19.1. The summed E-state index contributed by atoms with van der Waals surface area (Å²) in [5, 5.41) is 14.9. The molecule has 8 nitrogen and oxygen atoms in total. The van der Waals surface area contributed by atoms with E-state index < -0.39 is 23.5 Å². The SMILES string of the molecule is COc1ccc(/C(O)=C2/C(=O)C(=O)N(c3ccc(-c4nc(C)no4)cc3)C2c2ccc(F)cc2)cc1. The molecule has 9 heteroatoms. The fraction of sp³-hybridized carbons (Fsp3) is 0.111. The van der Waals surface area contributed by atoms with Crippen LogP contribution in [0.5, 0.6) is 5.75 Å². The molecule has 0 spiro atoms. The Bertz CT molecular complexity index is 1480. The Kier molecular flexibility index (Phi) is 5.81. The number of ketones is 1. The molecule has 1 fully saturated rings. The van der Waals surface area contributed by atoms with Gasteiger partial charge in [-0.25, -0.2) is 4.39 Å². The van der Waals surface area contributed by atoms with E-state index in [2.05, 4.69) is 10.1 Å². The van der Waals surface area contributed by atoms with Crippen molar-refractivity contribution in [2.45, 2.75) is 13.0 Å². The molecule has 1 unspecified atom stereocenters. The Hall–Kier alpha value is -4.79. The van der Waals surface area contributed by atoms with Gasteiger partial charge in [0.1, 0.15) is 17.3 Å². The average Bonchev–Trinajstić information content (AvgIpc) is 3.45. The summed E-state index contributed by atoms with van der Waals surface area (Å²) in [5.41, 5.74) is 1.73. The number of hydrogen-bond donors (Lipinski definition) is 1. The van der Waals surface area contributed by atoms with Crippen LogP contribution in [0, 0.1) is 12.7 Å². The second-order valence-corrected chi connectivity index (χ2v) is 8.14. The molecule has 1 aliphatic heterocycles. The van der Waals surface area contributed by atoms with E-state index in [1.807, 2.05) is 0 Å². The Morgan fingerprint density at radius 1 is 1.00 bits per heavy atom. The summed E-state index contributed by atoms with van der Waals surface area (Å²) in [4.78, 5) is 32.0. The number of carbonyl (C=O) groups is 2. The second-order valence-electron chi connectivity index (χ2n) is 8.14. The first-order chi connectivity index (χ1) is 17.4. The van der Waals surface area contributed by atoms with Crippen LogP contribution in [0.2, 0.25) is 0 Å². The zero-order valence-electron chi connectivity index (χ0n) is 19.3. The lowest BCUT2D eigenvalue weighted by Gasteiger charge is -2.25. The molecule has 1 saturated heterocycles. The Morgan fingerprint density at radius 3 is 2.25 bits per heavy atom. The smallest absolute Gasteiger partial charge is 0.300 e. The van der Waals surface area contributed by atoms with Gasteiger partial charge in [0, 0.05) is 16.8 Å². The highest BCUT2D eigenvalue weighted by Gasteiger charge is 2.47. The predicted molar refractivity (Wildman–Crippen MR) is 129 cm³/mol. The van der Waals surface area contributed by atoms with Crippen molar-refractivity contribution in [1.82, 2.24) is 10.1 Å². The highest BCUT2D eigenvalue weighted by molar-refractivity contribution is 6.51. The monoisotopic (exact) mass is 485 g/mol. The number of methoxy groups -OCH3 is 1. The molecule has 1 atom stereocenters. The minimum absolute atomic E-state index is 0.103. The standard InChI is InChI=1S/C27H20FN3O5/c1-15-29-26(36-30-15)18-5-11-20(12-6-18)31-23(16-3-9-19(28)10-4-16)22(25(33)27(31)34)24(32)17-7-13-21(35-2)14-8-17/h3-14,23,32H,1-2H3/b24-22-. The lowest BCUT2D eigenvalue weighted by molar-refractivity contribution is -0.132. The van der Waals surface area contributed by atoms with E-state index in [-0.39, 0.29) is 11.3 Å². The maximum atomic E-state index is 13.7. The van der Waals surface area contributed by atoms with Gasteiger partial charge < -0.3 is 14.4 Å². The third-order valence-corrected chi connectivity index (χ3v) is 5.91. The quantitative estimate of drug-likeness (QED) is 0.245. The van der Waals surface area contributed by atoms with Gasteiger partial charge in [0.05, 0.1) is 18.7 Å². The van der Waals surface area contributed by atoms with Gasteiger partial charge in [0.15, 0.2) is 5.82 Å². The summed E-state index contributed by atoms with van der Waals surface area (Å²) >= 11 is 0. The first-order valence-corrected chi connectivity index (χ1v) is 11.0. The van der Waals surface area contributed by atoms with Gasteiger partial charge in [-0.05, 0) is 73.2 Å². The van der Waals surface area contributed by atoms with Crippen LogP contribution in [0.15, 0.2) is 82.9 Å². The molecule has 4 aromatic rings. The maximum Gasteiger partial charge on any atom is 0.300 e. The van der Waals surface area contributed by atoms with E-state index in [9.17, 15) is 19.1 Å². The van der Waals surface area contributed by atoms with Crippen LogP contribution in [0.25, 0.3) is 17.2 Å². The Labute approximate surface area is 205 Å². The molecule has 5 rings (SSSR count). The van der Waals surface area contributed by atoms with Gasteiger partial charge in [-0.3, -0.25) is 14.5 Å². The van der Waals surface area contributed by atoms with E-state index in [4.69, 9.17) is 9.26 Å². The number of benzene rings is 3. The molecule has 1 N–H and O–H groups in total. The van der Waals surface area contributed by atoms with Crippen molar-refractivity contribution in [1.29, 1.82) is 0 Å². The number of carbonyl (C=O) groups excluding carboxylic acids is 2. The van der Waals surface area contributed by atoms with Gasteiger partial charge in [0.25, 0.3) is 17.6 Å². The zero-order chi connectivity index (χ0) is 25.4. The summed E-state index contributed by atoms with van der Waals surface area (Å²) in [5.74, 6) is -1.12. The number of ether oxygens (including phenoxy) is 1. The fourth-order valence-electron chi connectivity index (χ4n) is 4.14. The van der Waals surface area contributed by atoms with Crippen LogP contribution in [-0.4, -0.2) is 34.0 Å². The van der Waals surface area contributed by atoms with Crippen LogP contribution in [-0.2, 0) is 9.59 Å². The van der Waals surface area contributed by atoms with Gasteiger partial charge in [-0.2, -0.15) is 4.98 Å². The number of anilines is 1. The van der Waals surface area contributed by atoms with E-state index in [1.165, 1.54) is 36.3 Å². The van der Waals surface area contributed by atoms with Crippen molar-refractivity contribution in [3.8, 4) is 17.2 Å². The van der Waals surface area contributed by atoms with Crippen molar-refractivity contribution < 1.29 is 28.3 Å². The number of aliphatic hydroxyl groups is 1. The molecule has 2 heterocycles. The second kappa shape index (κ2) is 9.10. The normalized spacial score (nSPS) is 17.0. The molecule has 0 saturated carbocycles. The molecule has 1 amide bonds. The molecular formula is C27H20FN3O5. The average molecular weight is 485 g/mol. The molecular weight excluding hydrogens is 465 g/mol. The fourth-order valence-corrected chi connectivity index (χ4v) is 4.14. The van der Waals surface area contributed by atoms with Crippen LogP contribution >= 0.6 is 0 Å². The van der Waals surface area contributed by atoms with Gasteiger partial charge in [-0.1, -0.05) is 17.3 Å². The molecule has 0 bridgehead atoms.